The summed E-state index contributed by atoms with van der Waals surface area (Å²) in [4.78, 5) is 25.1. The van der Waals surface area contributed by atoms with Crippen LogP contribution in [0.4, 0.5) is 5.69 Å². The van der Waals surface area contributed by atoms with E-state index in [1.807, 2.05) is 0 Å². The molecule has 0 atom stereocenters. The van der Waals surface area contributed by atoms with Crippen molar-refractivity contribution in [2.24, 2.45) is 0 Å². The molecule has 154 valence electrons. The maximum Gasteiger partial charge on any atom is 0.262 e. The number of rotatable bonds is 6. The van der Waals surface area contributed by atoms with Crippen LogP contribution in [0.1, 0.15) is 42.5 Å². The molecule has 0 bridgehead atoms. The van der Waals surface area contributed by atoms with Gasteiger partial charge in [-0.05, 0) is 53.0 Å². The van der Waals surface area contributed by atoms with Gasteiger partial charge >= 0.3 is 0 Å². The van der Waals surface area contributed by atoms with E-state index in [9.17, 15) is 9.59 Å². The molecule has 2 N–H and O–H groups in total. The van der Waals surface area contributed by atoms with Gasteiger partial charge in [-0.2, -0.15) is 0 Å². The molecule has 1 saturated carbocycles. The van der Waals surface area contributed by atoms with Gasteiger partial charge in [0.15, 0.2) is 12.4 Å². The maximum atomic E-state index is 12.7. The van der Waals surface area contributed by atoms with Gasteiger partial charge in [0.05, 0.1) is 20.7 Å². The van der Waals surface area contributed by atoms with Crippen LogP contribution >= 0.6 is 39.1 Å². The lowest BCUT2D eigenvalue weighted by molar-refractivity contribution is -0.118. The Hall–Kier alpha value is -1.76. The van der Waals surface area contributed by atoms with E-state index in [1.165, 1.54) is 12.5 Å². The Morgan fingerprint density at radius 1 is 1.10 bits per heavy atom. The molecule has 0 aliphatic heterocycles. The van der Waals surface area contributed by atoms with Gasteiger partial charge in [0.25, 0.3) is 11.8 Å². The first-order chi connectivity index (χ1) is 13.9. The third-order valence-electron chi connectivity index (χ3n) is 4.70. The summed E-state index contributed by atoms with van der Waals surface area (Å²) in [6.45, 7) is -0.265. The number of anilines is 1. The zero-order chi connectivity index (χ0) is 20.8. The fourth-order valence-corrected chi connectivity index (χ4v) is 4.66. The van der Waals surface area contributed by atoms with Gasteiger partial charge in [0.1, 0.15) is 0 Å². The molecule has 0 unspecified atom stereocenters. The van der Waals surface area contributed by atoms with E-state index in [4.69, 9.17) is 27.9 Å². The largest absolute Gasteiger partial charge is 0.481 e. The minimum atomic E-state index is -0.402. The summed E-state index contributed by atoms with van der Waals surface area (Å²) in [7, 11) is 0. The van der Waals surface area contributed by atoms with Crippen molar-refractivity contribution in [1.29, 1.82) is 0 Å². The van der Waals surface area contributed by atoms with E-state index in [1.54, 1.807) is 30.3 Å². The summed E-state index contributed by atoms with van der Waals surface area (Å²) in [6, 6.07) is 10.3. The van der Waals surface area contributed by atoms with Gasteiger partial charge in [-0.25, -0.2) is 0 Å². The molecule has 1 aliphatic carbocycles. The lowest BCUT2D eigenvalue weighted by atomic mass is 9.95. The Labute approximate surface area is 188 Å². The maximum absolute atomic E-state index is 12.7. The lowest BCUT2D eigenvalue weighted by Crippen LogP contribution is -2.36. The number of benzene rings is 2. The first-order valence-electron chi connectivity index (χ1n) is 9.41. The zero-order valence-corrected chi connectivity index (χ0v) is 18.7. The summed E-state index contributed by atoms with van der Waals surface area (Å²) in [5, 5.41) is 6.56. The Bertz CT molecular complexity index is 878. The first kappa shape index (κ1) is 21.9. The molecule has 0 spiro atoms. The van der Waals surface area contributed by atoms with E-state index in [2.05, 4.69) is 26.6 Å². The molecule has 29 heavy (non-hydrogen) atoms. The van der Waals surface area contributed by atoms with Crippen molar-refractivity contribution in [1.82, 2.24) is 5.32 Å². The molecule has 0 aromatic heterocycles. The fraction of sp³-hybridized carbons (Fsp3) is 0.333. The molecule has 8 heteroatoms. The molecule has 0 radical (unpaired) electrons. The minimum absolute atomic E-state index is 0.183. The average molecular weight is 500 g/mol. The highest BCUT2D eigenvalue weighted by atomic mass is 79.9. The van der Waals surface area contributed by atoms with Crippen molar-refractivity contribution in [3.8, 4) is 5.75 Å². The van der Waals surface area contributed by atoms with Crippen LogP contribution in [0.2, 0.25) is 10.0 Å². The smallest absolute Gasteiger partial charge is 0.262 e. The van der Waals surface area contributed by atoms with Crippen LogP contribution < -0.4 is 15.4 Å². The number of amides is 2. The predicted octanol–water partition coefficient (Wildman–Crippen LogP) is 5.84. The van der Waals surface area contributed by atoms with Crippen LogP contribution in [0.15, 0.2) is 40.9 Å². The van der Waals surface area contributed by atoms with Gasteiger partial charge in [-0.1, -0.05) is 54.6 Å². The monoisotopic (exact) mass is 498 g/mol. The normalized spacial score (nSPS) is 14.3. The van der Waals surface area contributed by atoms with Crippen molar-refractivity contribution in [2.45, 2.75) is 38.1 Å². The summed E-state index contributed by atoms with van der Waals surface area (Å²) >= 11 is 15.3. The van der Waals surface area contributed by atoms with Crippen LogP contribution in [0, 0.1) is 0 Å². The molecule has 2 aromatic carbocycles. The average Bonchev–Trinajstić information content (AvgIpc) is 2.68. The molecule has 3 rings (SSSR count). The number of hydrogen-bond donors (Lipinski definition) is 2. The standard InChI is InChI=1S/C21H21BrCl2N2O3/c22-16-10-13(23)11-17(24)20(16)29-12-19(27)26-18-9-5-4-8-15(18)21(28)25-14-6-2-1-3-7-14/h4-5,8-11,14H,1-3,6-7,12H2,(H,25,28)(H,26,27). The molecule has 1 aliphatic rings. The Kier molecular flexibility index (Phi) is 7.81. The quantitative estimate of drug-likeness (QED) is 0.524. The summed E-state index contributed by atoms with van der Waals surface area (Å²) in [6.07, 6.45) is 5.45. The molecule has 0 heterocycles. The van der Waals surface area contributed by atoms with Crippen LogP contribution in [-0.4, -0.2) is 24.5 Å². The lowest BCUT2D eigenvalue weighted by Gasteiger charge is -2.23. The number of carbonyl (C=O) groups excluding carboxylic acids is 2. The second-order valence-corrected chi connectivity index (χ2v) is 8.59. The van der Waals surface area contributed by atoms with Crippen molar-refractivity contribution in [3.05, 3.63) is 56.5 Å². The van der Waals surface area contributed by atoms with Gasteiger partial charge < -0.3 is 15.4 Å². The fourth-order valence-electron chi connectivity index (χ4n) is 3.29. The number of hydrogen-bond acceptors (Lipinski definition) is 3. The second kappa shape index (κ2) is 10.3. The van der Waals surface area contributed by atoms with Gasteiger partial charge in [-0.15, -0.1) is 0 Å². The van der Waals surface area contributed by atoms with Crippen LogP contribution in [-0.2, 0) is 4.79 Å². The number of nitrogens with one attached hydrogen (secondary N) is 2. The van der Waals surface area contributed by atoms with Gasteiger partial charge in [0.2, 0.25) is 0 Å². The predicted molar refractivity (Wildman–Crippen MR) is 119 cm³/mol. The van der Waals surface area contributed by atoms with Crippen LogP contribution in [0.25, 0.3) is 0 Å². The van der Waals surface area contributed by atoms with Crippen LogP contribution in [0.3, 0.4) is 0 Å². The molecule has 2 amide bonds. The third-order valence-corrected chi connectivity index (χ3v) is 5.78. The minimum Gasteiger partial charge on any atom is -0.481 e. The van der Waals surface area contributed by atoms with E-state index >= 15 is 0 Å². The zero-order valence-electron chi connectivity index (χ0n) is 15.6. The highest BCUT2D eigenvalue weighted by Crippen LogP contribution is 2.36. The van der Waals surface area contributed by atoms with Crippen molar-refractivity contribution >= 4 is 56.6 Å². The molecule has 2 aromatic rings. The van der Waals surface area contributed by atoms with E-state index in [-0.39, 0.29) is 18.6 Å². The van der Waals surface area contributed by atoms with Crippen molar-refractivity contribution in [2.75, 3.05) is 11.9 Å². The summed E-state index contributed by atoms with van der Waals surface area (Å²) in [5.74, 6) is -0.257. The Morgan fingerprint density at radius 2 is 1.83 bits per heavy atom. The molecule has 1 fully saturated rings. The number of carbonyl (C=O) groups is 2. The first-order valence-corrected chi connectivity index (χ1v) is 11.0. The Balaban J connectivity index is 1.63. The highest BCUT2D eigenvalue weighted by molar-refractivity contribution is 9.10. The summed E-state index contributed by atoms with van der Waals surface area (Å²) < 4.78 is 6.08. The van der Waals surface area contributed by atoms with Gasteiger partial charge in [-0.3, -0.25) is 9.59 Å². The topological polar surface area (TPSA) is 67.4 Å². The van der Waals surface area contributed by atoms with Gasteiger partial charge in [0, 0.05) is 11.1 Å². The SMILES string of the molecule is O=C(COc1c(Cl)cc(Cl)cc1Br)Nc1ccccc1C(=O)NC1CCCCC1. The third kappa shape index (κ3) is 6.11. The molecule has 0 saturated heterocycles. The van der Waals surface area contributed by atoms with E-state index in [0.717, 1.165) is 25.7 Å². The van der Waals surface area contributed by atoms with Crippen molar-refractivity contribution < 1.29 is 14.3 Å². The Morgan fingerprint density at radius 3 is 2.55 bits per heavy atom. The number of para-hydroxylation sites is 1. The number of ether oxygens (including phenoxy) is 1. The highest BCUT2D eigenvalue weighted by Gasteiger charge is 2.19. The van der Waals surface area contributed by atoms with E-state index in [0.29, 0.717) is 31.5 Å². The van der Waals surface area contributed by atoms with Crippen molar-refractivity contribution in [3.63, 3.8) is 0 Å². The number of halogens is 3. The van der Waals surface area contributed by atoms with E-state index < -0.39 is 5.91 Å². The molecule has 5 nitrogen and oxygen atoms in total. The second-order valence-electron chi connectivity index (χ2n) is 6.89. The van der Waals surface area contributed by atoms with Crippen LogP contribution in [0.5, 0.6) is 5.75 Å². The molecular weight excluding hydrogens is 479 g/mol. The summed E-state index contributed by atoms with van der Waals surface area (Å²) in [5.41, 5.74) is 0.868. The molecular formula is C21H21BrCl2N2O3.